The van der Waals surface area contributed by atoms with Crippen LogP contribution in [0, 0.1) is 11.3 Å². The van der Waals surface area contributed by atoms with Crippen molar-refractivity contribution in [2.24, 2.45) is 11.3 Å². The number of fused-ring (bicyclic) bond motifs is 1. The van der Waals surface area contributed by atoms with Gasteiger partial charge in [0.05, 0.1) is 12.1 Å². The van der Waals surface area contributed by atoms with Crippen molar-refractivity contribution >= 4 is 22.4 Å². The Hall–Kier alpha value is -2.16. The maximum Gasteiger partial charge on any atom is 0.306 e. The predicted molar refractivity (Wildman–Crippen MR) is 100.0 cm³/mol. The number of carbonyl (C=O) groups is 1. The van der Waals surface area contributed by atoms with Crippen molar-refractivity contribution in [1.29, 1.82) is 0 Å². The quantitative estimate of drug-likeness (QED) is 0.725. The number of allylic oxidation sites excluding steroid dienone is 2. The molecule has 1 fully saturated rings. The number of esters is 1. The van der Waals surface area contributed by atoms with Gasteiger partial charge in [-0.25, -0.2) is 0 Å². The van der Waals surface area contributed by atoms with Crippen LogP contribution in [0.5, 0.6) is 0 Å². The van der Waals surface area contributed by atoms with E-state index in [-0.39, 0.29) is 5.97 Å². The van der Waals surface area contributed by atoms with Gasteiger partial charge in [0.15, 0.2) is 0 Å². The Morgan fingerprint density at radius 2 is 2.12 bits per heavy atom. The third kappa shape index (κ3) is 3.20. The fourth-order valence-corrected chi connectivity index (χ4v) is 4.70. The number of carbonyl (C=O) groups excluding carboxylic acids is 1. The van der Waals surface area contributed by atoms with Crippen LogP contribution in [-0.4, -0.2) is 17.6 Å². The molecule has 25 heavy (non-hydrogen) atoms. The standard InChI is InChI=1S/C22H25NO2/c1-2-25-21(24)13-16-14-22(15-16)10-7-17(8-11-22)18-9-12-23-20-6-4-3-5-19(18)20/h3-7,9,12,16H,2,8,10-11,13-15H2,1H3. The third-order valence-corrected chi connectivity index (χ3v) is 5.91. The van der Waals surface area contributed by atoms with Crippen LogP contribution in [-0.2, 0) is 9.53 Å². The lowest BCUT2D eigenvalue weighted by Gasteiger charge is -2.49. The van der Waals surface area contributed by atoms with Crippen molar-refractivity contribution < 1.29 is 9.53 Å². The molecule has 3 heteroatoms. The molecule has 0 unspecified atom stereocenters. The summed E-state index contributed by atoms with van der Waals surface area (Å²) in [7, 11) is 0. The summed E-state index contributed by atoms with van der Waals surface area (Å²) in [5, 5.41) is 1.25. The highest BCUT2D eigenvalue weighted by atomic mass is 16.5. The Morgan fingerprint density at radius 1 is 1.28 bits per heavy atom. The first-order valence-corrected chi connectivity index (χ1v) is 9.38. The molecule has 2 aromatic rings. The zero-order valence-corrected chi connectivity index (χ0v) is 14.8. The van der Waals surface area contributed by atoms with Crippen molar-refractivity contribution in [2.45, 2.75) is 45.4 Å². The van der Waals surface area contributed by atoms with Gasteiger partial charge in [0.25, 0.3) is 0 Å². The van der Waals surface area contributed by atoms with E-state index < -0.39 is 0 Å². The van der Waals surface area contributed by atoms with Crippen LogP contribution < -0.4 is 0 Å². The number of pyridine rings is 1. The van der Waals surface area contributed by atoms with Crippen LogP contribution in [0.3, 0.4) is 0 Å². The topological polar surface area (TPSA) is 39.2 Å². The molecule has 1 aromatic heterocycles. The van der Waals surface area contributed by atoms with Crippen LogP contribution in [0.2, 0.25) is 0 Å². The summed E-state index contributed by atoms with van der Waals surface area (Å²) in [6.07, 6.45) is 10.8. The van der Waals surface area contributed by atoms with E-state index in [0.29, 0.717) is 24.4 Å². The van der Waals surface area contributed by atoms with Crippen LogP contribution >= 0.6 is 0 Å². The second-order valence-corrected chi connectivity index (χ2v) is 7.59. The van der Waals surface area contributed by atoms with E-state index in [4.69, 9.17) is 4.74 Å². The minimum atomic E-state index is -0.0300. The first-order valence-electron chi connectivity index (χ1n) is 9.38. The fourth-order valence-electron chi connectivity index (χ4n) is 4.70. The van der Waals surface area contributed by atoms with Gasteiger partial charge >= 0.3 is 5.97 Å². The van der Waals surface area contributed by atoms with Gasteiger partial charge in [0.1, 0.15) is 0 Å². The number of aromatic nitrogens is 1. The number of para-hydroxylation sites is 1. The summed E-state index contributed by atoms with van der Waals surface area (Å²) in [4.78, 5) is 16.1. The molecule has 0 atom stereocenters. The zero-order chi connectivity index (χ0) is 17.3. The number of nitrogens with zero attached hydrogens (tertiary/aromatic N) is 1. The minimum absolute atomic E-state index is 0.0300. The summed E-state index contributed by atoms with van der Waals surface area (Å²) >= 11 is 0. The highest BCUT2D eigenvalue weighted by Gasteiger charge is 2.45. The molecule has 0 aliphatic heterocycles. The molecule has 130 valence electrons. The molecule has 0 bridgehead atoms. The molecule has 0 N–H and O–H groups in total. The minimum Gasteiger partial charge on any atom is -0.466 e. The van der Waals surface area contributed by atoms with Crippen LogP contribution in [0.4, 0.5) is 0 Å². The van der Waals surface area contributed by atoms with E-state index in [2.05, 4.69) is 35.3 Å². The monoisotopic (exact) mass is 335 g/mol. The van der Waals surface area contributed by atoms with Crippen LogP contribution in [0.25, 0.3) is 16.5 Å². The summed E-state index contributed by atoms with van der Waals surface area (Å²) in [6.45, 7) is 2.36. The first kappa shape index (κ1) is 16.3. The SMILES string of the molecule is CCOC(=O)CC1CC2(CC=C(c3ccnc4ccccc34)CC2)C1. The Kier molecular flexibility index (Phi) is 4.32. The number of hydrogen-bond acceptors (Lipinski definition) is 3. The van der Waals surface area contributed by atoms with E-state index in [1.165, 1.54) is 35.8 Å². The summed E-state index contributed by atoms with van der Waals surface area (Å²) in [6, 6.07) is 10.5. The molecule has 0 amide bonds. The van der Waals surface area contributed by atoms with Gasteiger partial charge in [0, 0.05) is 18.0 Å². The van der Waals surface area contributed by atoms with Gasteiger partial charge in [-0.15, -0.1) is 0 Å². The molecule has 1 saturated carbocycles. The van der Waals surface area contributed by atoms with E-state index in [1.54, 1.807) is 0 Å². The van der Waals surface area contributed by atoms with Gasteiger partial charge in [-0.3, -0.25) is 9.78 Å². The average molecular weight is 335 g/mol. The summed E-state index contributed by atoms with van der Waals surface area (Å²) in [5.74, 6) is 0.494. The van der Waals surface area contributed by atoms with Crippen molar-refractivity contribution in [2.75, 3.05) is 6.61 Å². The number of hydrogen-bond donors (Lipinski definition) is 0. The molecule has 0 radical (unpaired) electrons. The largest absolute Gasteiger partial charge is 0.466 e. The second-order valence-electron chi connectivity index (χ2n) is 7.59. The van der Waals surface area contributed by atoms with Gasteiger partial charge in [-0.05, 0) is 73.6 Å². The van der Waals surface area contributed by atoms with Crippen molar-refractivity contribution in [3.63, 3.8) is 0 Å². The summed E-state index contributed by atoms with van der Waals surface area (Å²) in [5.41, 5.74) is 4.30. The smallest absolute Gasteiger partial charge is 0.306 e. The summed E-state index contributed by atoms with van der Waals surface area (Å²) < 4.78 is 5.08. The molecule has 3 nitrogen and oxygen atoms in total. The van der Waals surface area contributed by atoms with Crippen molar-refractivity contribution in [1.82, 2.24) is 4.98 Å². The van der Waals surface area contributed by atoms with Crippen molar-refractivity contribution in [3.05, 3.63) is 48.2 Å². The molecule has 1 heterocycles. The molecule has 2 aliphatic rings. The van der Waals surface area contributed by atoms with E-state index in [0.717, 1.165) is 18.4 Å². The van der Waals surface area contributed by atoms with E-state index in [9.17, 15) is 4.79 Å². The maximum absolute atomic E-state index is 11.6. The normalized spacial score (nSPS) is 25.5. The molecular weight excluding hydrogens is 310 g/mol. The molecule has 4 rings (SSSR count). The second kappa shape index (κ2) is 6.62. The van der Waals surface area contributed by atoms with E-state index >= 15 is 0 Å². The average Bonchev–Trinajstić information content (AvgIpc) is 2.61. The predicted octanol–water partition coefficient (Wildman–Crippen LogP) is 5.15. The molecule has 2 aliphatic carbocycles. The van der Waals surface area contributed by atoms with Gasteiger partial charge < -0.3 is 4.74 Å². The van der Waals surface area contributed by atoms with Crippen LogP contribution in [0.1, 0.15) is 51.0 Å². The van der Waals surface area contributed by atoms with Gasteiger partial charge in [-0.1, -0.05) is 24.3 Å². The number of benzene rings is 1. The van der Waals surface area contributed by atoms with Gasteiger partial charge in [0.2, 0.25) is 0 Å². The van der Waals surface area contributed by atoms with E-state index in [1.807, 2.05) is 19.2 Å². The molecular formula is C22H25NO2. The fraction of sp³-hybridized carbons (Fsp3) is 0.455. The first-order chi connectivity index (χ1) is 12.2. The molecule has 1 aromatic carbocycles. The molecule has 1 spiro atoms. The van der Waals surface area contributed by atoms with Crippen molar-refractivity contribution in [3.8, 4) is 0 Å². The van der Waals surface area contributed by atoms with Crippen LogP contribution in [0.15, 0.2) is 42.6 Å². The number of ether oxygens (including phenoxy) is 1. The Morgan fingerprint density at radius 3 is 2.88 bits per heavy atom. The molecule has 0 saturated heterocycles. The maximum atomic E-state index is 11.6. The zero-order valence-electron chi connectivity index (χ0n) is 14.8. The third-order valence-electron chi connectivity index (χ3n) is 5.91. The Labute approximate surface area is 149 Å². The Balaban J connectivity index is 1.44. The lowest BCUT2D eigenvalue weighted by molar-refractivity contribution is -0.146. The lowest BCUT2D eigenvalue weighted by atomic mass is 9.55. The highest BCUT2D eigenvalue weighted by molar-refractivity contribution is 5.91. The lowest BCUT2D eigenvalue weighted by Crippen LogP contribution is -2.39. The number of rotatable bonds is 4. The van der Waals surface area contributed by atoms with Gasteiger partial charge in [-0.2, -0.15) is 0 Å². The Bertz CT molecular complexity index is 812. The highest BCUT2D eigenvalue weighted by Crippen LogP contribution is 2.56.